The molecule has 0 unspecified atom stereocenters. The number of Topliss-reactive ketones (excluding diaryl/α,β-unsaturated/α-hetero) is 1. The lowest BCUT2D eigenvalue weighted by molar-refractivity contribution is 0.0545. The molecule has 0 bridgehead atoms. The van der Waals surface area contributed by atoms with Crippen molar-refractivity contribution in [3.8, 4) is 0 Å². The number of ether oxygens (including phenoxy) is 1. The topological polar surface area (TPSA) is 52.3 Å². The highest BCUT2D eigenvalue weighted by molar-refractivity contribution is 6.34. The lowest BCUT2D eigenvalue weighted by Gasteiger charge is -2.21. The van der Waals surface area contributed by atoms with E-state index in [1.54, 1.807) is 18.2 Å². The molecule has 1 aromatic carbocycles. The van der Waals surface area contributed by atoms with E-state index in [-0.39, 0.29) is 11.7 Å². The summed E-state index contributed by atoms with van der Waals surface area (Å²) in [6.07, 6.45) is 1.55. The summed E-state index contributed by atoms with van der Waals surface area (Å²) in [4.78, 5) is 12.2. The number of nitrogen functional groups attached to an aromatic ring is 1. The molecule has 0 aromatic heterocycles. The second kappa shape index (κ2) is 4.85. The molecular weight excluding hydrogens is 226 g/mol. The van der Waals surface area contributed by atoms with E-state index in [1.807, 2.05) is 0 Å². The molecule has 1 aromatic rings. The fourth-order valence-electron chi connectivity index (χ4n) is 1.91. The highest BCUT2D eigenvalue weighted by Crippen LogP contribution is 2.26. The van der Waals surface area contributed by atoms with Crippen LogP contribution in [0.1, 0.15) is 23.2 Å². The third-order valence-corrected chi connectivity index (χ3v) is 3.16. The number of halogens is 1. The highest BCUT2D eigenvalue weighted by atomic mass is 35.5. The van der Waals surface area contributed by atoms with E-state index in [4.69, 9.17) is 22.1 Å². The molecule has 0 amide bonds. The zero-order valence-electron chi connectivity index (χ0n) is 8.91. The van der Waals surface area contributed by atoms with E-state index in [0.717, 1.165) is 12.8 Å². The smallest absolute Gasteiger partial charge is 0.167 e. The van der Waals surface area contributed by atoms with Gasteiger partial charge in [-0.25, -0.2) is 0 Å². The number of carbonyl (C=O) groups is 1. The minimum absolute atomic E-state index is 0.0369. The van der Waals surface area contributed by atoms with Crippen LogP contribution in [0.5, 0.6) is 0 Å². The van der Waals surface area contributed by atoms with Crippen LogP contribution < -0.4 is 5.73 Å². The molecule has 4 heteroatoms. The molecule has 86 valence electrons. The number of hydrogen-bond acceptors (Lipinski definition) is 3. The Morgan fingerprint density at radius 2 is 2.06 bits per heavy atom. The van der Waals surface area contributed by atoms with Crippen molar-refractivity contribution in [1.82, 2.24) is 0 Å². The zero-order valence-corrected chi connectivity index (χ0v) is 9.67. The summed E-state index contributed by atoms with van der Waals surface area (Å²) in [5.41, 5.74) is 6.74. The Hall–Kier alpha value is -1.06. The number of rotatable bonds is 2. The normalized spacial score (nSPS) is 17.3. The standard InChI is InChI=1S/C12H14ClNO2/c13-11-7-9(14)1-2-10(11)12(15)8-3-5-16-6-4-8/h1-2,7-8H,3-6,14H2. The van der Waals surface area contributed by atoms with Gasteiger partial charge in [-0.15, -0.1) is 0 Å². The van der Waals surface area contributed by atoms with Crippen molar-refractivity contribution in [2.75, 3.05) is 18.9 Å². The van der Waals surface area contributed by atoms with E-state index >= 15 is 0 Å². The fourth-order valence-corrected chi connectivity index (χ4v) is 2.19. The Labute approximate surface area is 99.5 Å². The molecule has 16 heavy (non-hydrogen) atoms. The number of benzene rings is 1. The van der Waals surface area contributed by atoms with Crippen LogP contribution in [0.15, 0.2) is 18.2 Å². The molecule has 1 saturated heterocycles. The summed E-state index contributed by atoms with van der Waals surface area (Å²) in [7, 11) is 0. The summed E-state index contributed by atoms with van der Waals surface area (Å²) in [6, 6.07) is 5.03. The van der Waals surface area contributed by atoms with Crippen LogP contribution >= 0.6 is 11.6 Å². The van der Waals surface area contributed by atoms with Gasteiger partial charge in [0.2, 0.25) is 0 Å². The average molecular weight is 240 g/mol. The van der Waals surface area contributed by atoms with Crippen LogP contribution in [0.3, 0.4) is 0 Å². The van der Waals surface area contributed by atoms with Crippen molar-refractivity contribution in [1.29, 1.82) is 0 Å². The van der Waals surface area contributed by atoms with Crippen molar-refractivity contribution < 1.29 is 9.53 Å². The van der Waals surface area contributed by atoms with Crippen molar-refractivity contribution in [3.63, 3.8) is 0 Å². The molecule has 1 fully saturated rings. The largest absolute Gasteiger partial charge is 0.399 e. The van der Waals surface area contributed by atoms with Crippen LogP contribution in [0.4, 0.5) is 5.69 Å². The van der Waals surface area contributed by atoms with Crippen molar-refractivity contribution in [3.05, 3.63) is 28.8 Å². The second-order valence-corrected chi connectivity index (χ2v) is 4.40. The third kappa shape index (κ3) is 2.36. The van der Waals surface area contributed by atoms with Crippen molar-refractivity contribution >= 4 is 23.1 Å². The fraction of sp³-hybridized carbons (Fsp3) is 0.417. The first kappa shape index (κ1) is 11.4. The molecule has 1 aliphatic heterocycles. The lowest BCUT2D eigenvalue weighted by atomic mass is 9.91. The highest BCUT2D eigenvalue weighted by Gasteiger charge is 2.24. The first-order chi connectivity index (χ1) is 7.68. The Balaban J connectivity index is 2.19. The van der Waals surface area contributed by atoms with Gasteiger partial charge in [0.15, 0.2) is 5.78 Å². The van der Waals surface area contributed by atoms with Gasteiger partial charge in [0.25, 0.3) is 0 Å². The maximum absolute atomic E-state index is 12.2. The minimum atomic E-state index is 0.0369. The van der Waals surface area contributed by atoms with Gasteiger partial charge in [-0.05, 0) is 31.0 Å². The van der Waals surface area contributed by atoms with E-state index < -0.39 is 0 Å². The molecule has 1 aliphatic rings. The summed E-state index contributed by atoms with van der Waals surface area (Å²) in [5.74, 6) is 0.142. The van der Waals surface area contributed by atoms with Gasteiger partial charge in [0, 0.05) is 30.4 Å². The number of ketones is 1. The maximum atomic E-state index is 12.2. The third-order valence-electron chi connectivity index (χ3n) is 2.85. The summed E-state index contributed by atoms with van der Waals surface area (Å²) < 4.78 is 5.23. The van der Waals surface area contributed by atoms with Gasteiger partial charge >= 0.3 is 0 Å². The minimum Gasteiger partial charge on any atom is -0.399 e. The second-order valence-electron chi connectivity index (χ2n) is 3.99. The van der Waals surface area contributed by atoms with E-state index in [9.17, 15) is 4.79 Å². The molecule has 0 saturated carbocycles. The molecule has 0 aliphatic carbocycles. The molecule has 3 nitrogen and oxygen atoms in total. The van der Waals surface area contributed by atoms with Gasteiger partial charge in [-0.1, -0.05) is 11.6 Å². The average Bonchev–Trinajstić information content (AvgIpc) is 2.29. The van der Waals surface area contributed by atoms with Crippen molar-refractivity contribution in [2.24, 2.45) is 5.92 Å². The van der Waals surface area contributed by atoms with E-state index in [2.05, 4.69) is 0 Å². The lowest BCUT2D eigenvalue weighted by Crippen LogP contribution is -2.23. The van der Waals surface area contributed by atoms with Crippen LogP contribution in [0.25, 0.3) is 0 Å². The number of carbonyl (C=O) groups excluding carboxylic acids is 1. The predicted octanol–water partition coefficient (Wildman–Crippen LogP) is 2.53. The first-order valence-corrected chi connectivity index (χ1v) is 5.73. The summed E-state index contributed by atoms with van der Waals surface area (Å²) in [6.45, 7) is 1.31. The van der Waals surface area contributed by atoms with E-state index in [0.29, 0.717) is 29.5 Å². The Morgan fingerprint density at radius 3 is 2.69 bits per heavy atom. The van der Waals surface area contributed by atoms with Gasteiger partial charge in [0.1, 0.15) is 0 Å². The molecule has 2 N–H and O–H groups in total. The maximum Gasteiger partial charge on any atom is 0.167 e. The molecular formula is C12H14ClNO2. The van der Waals surface area contributed by atoms with Crippen molar-refractivity contribution in [2.45, 2.75) is 12.8 Å². The van der Waals surface area contributed by atoms with Gasteiger partial charge in [-0.2, -0.15) is 0 Å². The number of anilines is 1. The SMILES string of the molecule is Nc1ccc(C(=O)C2CCOCC2)c(Cl)c1. The molecule has 0 spiro atoms. The Bertz CT molecular complexity index is 400. The Morgan fingerprint density at radius 1 is 1.38 bits per heavy atom. The van der Waals surface area contributed by atoms with Crippen LogP contribution in [-0.4, -0.2) is 19.0 Å². The zero-order chi connectivity index (χ0) is 11.5. The molecule has 0 atom stereocenters. The van der Waals surface area contributed by atoms with E-state index in [1.165, 1.54) is 0 Å². The Kier molecular flexibility index (Phi) is 3.46. The van der Waals surface area contributed by atoms with Crippen LogP contribution in [0, 0.1) is 5.92 Å². The van der Waals surface area contributed by atoms with Crippen LogP contribution in [-0.2, 0) is 4.74 Å². The monoisotopic (exact) mass is 239 g/mol. The van der Waals surface area contributed by atoms with Gasteiger partial charge in [0.05, 0.1) is 5.02 Å². The first-order valence-electron chi connectivity index (χ1n) is 5.35. The molecule has 0 radical (unpaired) electrons. The number of hydrogen-bond donors (Lipinski definition) is 1. The summed E-state index contributed by atoms with van der Waals surface area (Å²) >= 11 is 6.01. The van der Waals surface area contributed by atoms with Gasteiger partial charge < -0.3 is 10.5 Å². The van der Waals surface area contributed by atoms with Gasteiger partial charge in [-0.3, -0.25) is 4.79 Å². The summed E-state index contributed by atoms with van der Waals surface area (Å²) in [5, 5.41) is 0.441. The molecule has 1 heterocycles. The predicted molar refractivity (Wildman–Crippen MR) is 63.7 cm³/mol. The quantitative estimate of drug-likeness (QED) is 0.637. The number of nitrogens with two attached hydrogens (primary N) is 1. The van der Waals surface area contributed by atoms with Crippen LogP contribution in [0.2, 0.25) is 5.02 Å². The molecule has 2 rings (SSSR count).